The third-order valence-electron chi connectivity index (χ3n) is 5.08. The number of benzene rings is 2. The van der Waals surface area contributed by atoms with Crippen LogP contribution in [-0.2, 0) is 0 Å². The van der Waals surface area contributed by atoms with Crippen LogP contribution >= 0.6 is 0 Å². The predicted octanol–water partition coefficient (Wildman–Crippen LogP) is 4.09. The zero-order valence-corrected chi connectivity index (χ0v) is 14.8. The van der Waals surface area contributed by atoms with E-state index in [0.29, 0.717) is 0 Å². The van der Waals surface area contributed by atoms with Gasteiger partial charge in [-0.2, -0.15) is 0 Å². The van der Waals surface area contributed by atoms with Crippen LogP contribution < -0.4 is 16.0 Å². The molecule has 0 saturated carbocycles. The number of aromatic nitrogens is 2. The number of nitrogens with two attached hydrogens (primary N) is 1. The first kappa shape index (κ1) is 15.8. The van der Waals surface area contributed by atoms with E-state index in [1.807, 2.05) is 25.2 Å². The molecule has 0 spiro atoms. The van der Waals surface area contributed by atoms with Gasteiger partial charge in [0.25, 0.3) is 0 Å². The topological polar surface area (TPSA) is 70.0 Å². The smallest absolute Gasteiger partial charge is 0.138 e. The first-order valence-corrected chi connectivity index (χ1v) is 8.96. The van der Waals surface area contributed by atoms with E-state index in [1.54, 1.807) is 0 Å². The maximum Gasteiger partial charge on any atom is 0.138 e. The van der Waals surface area contributed by atoms with Gasteiger partial charge in [-0.3, -0.25) is 0 Å². The Bertz CT molecular complexity index is 898. The van der Waals surface area contributed by atoms with Crippen molar-refractivity contribution in [2.24, 2.45) is 5.92 Å². The number of hydrogen-bond donors (Lipinski definition) is 3. The highest BCUT2D eigenvalue weighted by atomic mass is 15.1. The molecular formula is C20H25N5. The fourth-order valence-electron chi connectivity index (χ4n) is 3.68. The SMILES string of the molecule is CNc1cc(-c2nc3ccc(N4CCCC(C)C4)cc3[nH]2)ccc1N. The molecular weight excluding hydrogens is 310 g/mol. The van der Waals surface area contributed by atoms with Crippen LogP contribution in [0.15, 0.2) is 36.4 Å². The molecule has 3 aromatic rings. The van der Waals surface area contributed by atoms with Gasteiger partial charge in [-0.15, -0.1) is 0 Å². The van der Waals surface area contributed by atoms with Crippen molar-refractivity contribution in [2.75, 3.05) is 36.1 Å². The number of nitrogens with one attached hydrogen (secondary N) is 2. The van der Waals surface area contributed by atoms with Crippen LogP contribution in [0.3, 0.4) is 0 Å². The van der Waals surface area contributed by atoms with E-state index < -0.39 is 0 Å². The average Bonchev–Trinajstić information content (AvgIpc) is 3.05. The maximum absolute atomic E-state index is 5.97. The van der Waals surface area contributed by atoms with Crippen LogP contribution in [0.5, 0.6) is 0 Å². The zero-order chi connectivity index (χ0) is 17.4. The summed E-state index contributed by atoms with van der Waals surface area (Å²) in [5.41, 5.74) is 12.0. The second-order valence-corrected chi connectivity index (χ2v) is 7.03. The lowest BCUT2D eigenvalue weighted by Gasteiger charge is -2.32. The second-order valence-electron chi connectivity index (χ2n) is 7.03. The first-order valence-electron chi connectivity index (χ1n) is 8.96. The number of piperidine rings is 1. The van der Waals surface area contributed by atoms with Gasteiger partial charge in [0.2, 0.25) is 0 Å². The number of nitrogens with zero attached hydrogens (tertiary/aromatic N) is 2. The van der Waals surface area contributed by atoms with Gasteiger partial charge in [0.15, 0.2) is 0 Å². The molecule has 130 valence electrons. The molecule has 4 rings (SSSR count). The standard InChI is InChI=1S/C20H25N5/c1-13-4-3-9-25(12-13)15-6-8-17-19(11-15)24-20(23-17)14-5-7-16(21)18(10-14)22-2/h5-8,10-11,13,22H,3-4,9,12,21H2,1-2H3,(H,23,24). The van der Waals surface area contributed by atoms with Crippen molar-refractivity contribution in [3.8, 4) is 11.4 Å². The van der Waals surface area contributed by atoms with Crippen molar-refractivity contribution in [1.82, 2.24) is 9.97 Å². The summed E-state index contributed by atoms with van der Waals surface area (Å²) >= 11 is 0. The summed E-state index contributed by atoms with van der Waals surface area (Å²) in [6, 6.07) is 12.5. The van der Waals surface area contributed by atoms with Gasteiger partial charge >= 0.3 is 0 Å². The summed E-state index contributed by atoms with van der Waals surface area (Å²) in [4.78, 5) is 10.7. The minimum Gasteiger partial charge on any atom is -0.397 e. The van der Waals surface area contributed by atoms with Crippen LogP contribution in [0.2, 0.25) is 0 Å². The minimum absolute atomic E-state index is 0.740. The number of nitrogen functional groups attached to an aromatic ring is 1. The van der Waals surface area contributed by atoms with E-state index in [9.17, 15) is 0 Å². The molecule has 0 radical (unpaired) electrons. The van der Waals surface area contributed by atoms with Crippen molar-refractivity contribution < 1.29 is 0 Å². The second kappa shape index (κ2) is 6.31. The Kier molecular flexibility index (Phi) is 3.99. The molecule has 2 heterocycles. The van der Waals surface area contributed by atoms with Crippen LogP contribution in [0, 0.1) is 5.92 Å². The van der Waals surface area contributed by atoms with Crippen molar-refractivity contribution >= 4 is 28.1 Å². The Labute approximate surface area is 148 Å². The number of aromatic amines is 1. The fourth-order valence-corrected chi connectivity index (χ4v) is 3.68. The molecule has 1 atom stereocenters. The molecule has 1 aliphatic rings. The third-order valence-corrected chi connectivity index (χ3v) is 5.08. The van der Waals surface area contributed by atoms with Crippen LogP contribution in [0.25, 0.3) is 22.4 Å². The molecule has 1 aliphatic heterocycles. The third kappa shape index (κ3) is 3.02. The average molecular weight is 335 g/mol. The van der Waals surface area contributed by atoms with Gasteiger partial charge in [-0.1, -0.05) is 6.92 Å². The van der Waals surface area contributed by atoms with Gasteiger partial charge < -0.3 is 20.9 Å². The highest BCUT2D eigenvalue weighted by Gasteiger charge is 2.17. The summed E-state index contributed by atoms with van der Waals surface area (Å²) in [5.74, 6) is 1.63. The van der Waals surface area contributed by atoms with Gasteiger partial charge in [0.1, 0.15) is 5.82 Å². The fraction of sp³-hybridized carbons (Fsp3) is 0.350. The Morgan fingerprint density at radius 1 is 1.24 bits per heavy atom. The van der Waals surface area contributed by atoms with Crippen LogP contribution in [0.4, 0.5) is 17.1 Å². The largest absolute Gasteiger partial charge is 0.397 e. The van der Waals surface area contributed by atoms with E-state index >= 15 is 0 Å². The molecule has 1 unspecified atom stereocenters. The predicted molar refractivity (Wildman–Crippen MR) is 106 cm³/mol. The van der Waals surface area contributed by atoms with Gasteiger partial charge in [-0.25, -0.2) is 4.98 Å². The van der Waals surface area contributed by atoms with Crippen molar-refractivity contribution in [1.29, 1.82) is 0 Å². The number of fused-ring (bicyclic) bond motifs is 1. The summed E-state index contributed by atoms with van der Waals surface area (Å²) in [7, 11) is 1.87. The maximum atomic E-state index is 5.97. The molecule has 1 fully saturated rings. The van der Waals surface area contributed by atoms with Crippen molar-refractivity contribution in [3.05, 3.63) is 36.4 Å². The lowest BCUT2D eigenvalue weighted by molar-refractivity contribution is 0.447. The molecule has 0 bridgehead atoms. The summed E-state index contributed by atoms with van der Waals surface area (Å²) in [6.07, 6.45) is 2.60. The number of hydrogen-bond acceptors (Lipinski definition) is 4. The normalized spacial score (nSPS) is 17.8. The molecule has 0 amide bonds. The van der Waals surface area contributed by atoms with Crippen LogP contribution in [0.1, 0.15) is 19.8 Å². The van der Waals surface area contributed by atoms with E-state index in [0.717, 1.165) is 52.8 Å². The number of anilines is 3. The Balaban J connectivity index is 1.68. The Morgan fingerprint density at radius 3 is 2.92 bits per heavy atom. The van der Waals surface area contributed by atoms with E-state index in [4.69, 9.17) is 10.7 Å². The molecule has 1 saturated heterocycles. The van der Waals surface area contributed by atoms with Crippen molar-refractivity contribution in [3.63, 3.8) is 0 Å². The zero-order valence-electron chi connectivity index (χ0n) is 14.8. The Morgan fingerprint density at radius 2 is 2.12 bits per heavy atom. The lowest BCUT2D eigenvalue weighted by atomic mass is 10.00. The highest BCUT2D eigenvalue weighted by molar-refractivity contribution is 5.84. The number of imidazole rings is 1. The first-order chi connectivity index (χ1) is 12.1. The van der Waals surface area contributed by atoms with Gasteiger partial charge in [0, 0.05) is 31.4 Å². The molecule has 1 aromatic heterocycles. The van der Waals surface area contributed by atoms with Gasteiger partial charge in [-0.05, 0) is 55.2 Å². The highest BCUT2D eigenvalue weighted by Crippen LogP contribution is 2.29. The Hall–Kier alpha value is -2.69. The van der Waals surface area contributed by atoms with Crippen molar-refractivity contribution in [2.45, 2.75) is 19.8 Å². The monoisotopic (exact) mass is 335 g/mol. The van der Waals surface area contributed by atoms with Crippen LogP contribution in [-0.4, -0.2) is 30.1 Å². The van der Waals surface area contributed by atoms with Gasteiger partial charge in [0.05, 0.1) is 22.4 Å². The molecule has 5 heteroatoms. The molecule has 0 aliphatic carbocycles. The molecule has 5 nitrogen and oxygen atoms in total. The summed E-state index contributed by atoms with van der Waals surface area (Å²) < 4.78 is 0. The number of H-pyrrole nitrogens is 1. The summed E-state index contributed by atoms with van der Waals surface area (Å²) in [6.45, 7) is 4.61. The van der Waals surface area contributed by atoms with E-state index in [2.05, 4.69) is 40.3 Å². The molecule has 25 heavy (non-hydrogen) atoms. The quantitative estimate of drug-likeness (QED) is 0.631. The lowest BCUT2D eigenvalue weighted by Crippen LogP contribution is -2.34. The number of rotatable bonds is 3. The summed E-state index contributed by atoms with van der Waals surface area (Å²) in [5, 5.41) is 3.12. The van der Waals surface area contributed by atoms with E-state index in [-0.39, 0.29) is 0 Å². The van der Waals surface area contributed by atoms with E-state index in [1.165, 1.54) is 18.5 Å². The molecule has 2 aromatic carbocycles. The minimum atomic E-state index is 0.740. The molecule has 4 N–H and O–H groups in total.